The second-order valence-electron chi connectivity index (χ2n) is 4.37. The summed E-state index contributed by atoms with van der Waals surface area (Å²) < 4.78 is 13.0. The number of halogens is 2. The molecule has 0 saturated carbocycles. The molecule has 1 aromatic rings. The Morgan fingerprint density at radius 1 is 1.29 bits per heavy atom. The monoisotopic (exact) mass is 379 g/mol. The highest BCUT2D eigenvalue weighted by Crippen LogP contribution is 2.73. The highest BCUT2D eigenvalue weighted by molar-refractivity contribution is 9.11. The highest BCUT2D eigenvalue weighted by atomic mass is 79.9. The number of rotatable bonds is 0. The minimum absolute atomic E-state index is 0. The van der Waals surface area contributed by atoms with Gasteiger partial charge in [-0.3, -0.25) is 4.52 Å². The predicted octanol–water partition coefficient (Wildman–Crippen LogP) is 1.30. The van der Waals surface area contributed by atoms with Gasteiger partial charge in [-0.25, -0.2) is 0 Å². The van der Waals surface area contributed by atoms with Gasteiger partial charge in [0, 0.05) is 0 Å². The van der Waals surface area contributed by atoms with E-state index in [1.807, 2.05) is 43.9 Å². The van der Waals surface area contributed by atoms with Gasteiger partial charge in [-0.05, 0) is 41.9 Å². The molecule has 0 fully saturated rings. The summed E-state index contributed by atoms with van der Waals surface area (Å²) in [7, 11) is -2.12. The van der Waals surface area contributed by atoms with Crippen molar-refractivity contribution in [3.63, 3.8) is 0 Å². The van der Waals surface area contributed by atoms with Crippen LogP contribution in [0, 0.1) is 0 Å². The van der Waals surface area contributed by atoms with E-state index in [0.717, 1.165) is 15.9 Å². The minimum atomic E-state index is -2.12. The van der Waals surface area contributed by atoms with Crippen LogP contribution in [0.25, 0.3) is 0 Å². The standard InChI is InChI=1S/C11H12BrNO2P.BrH/c1-11(2)10(12)7-16(15-11)13-8-5-3-4-6-9(8)14-16;/h3-7,13H,1-2H3;1H/q+1;/p-1. The molecule has 92 valence electrons. The summed E-state index contributed by atoms with van der Waals surface area (Å²) in [6, 6.07) is 7.90. The Morgan fingerprint density at radius 3 is 2.59 bits per heavy atom. The highest BCUT2D eigenvalue weighted by Gasteiger charge is 2.59. The van der Waals surface area contributed by atoms with Gasteiger partial charge >= 0.3 is 7.87 Å². The Labute approximate surface area is 120 Å². The zero-order valence-electron chi connectivity index (χ0n) is 9.41. The van der Waals surface area contributed by atoms with Gasteiger partial charge in [-0.1, -0.05) is 12.1 Å². The molecule has 1 unspecified atom stereocenters. The molecule has 0 radical (unpaired) electrons. The van der Waals surface area contributed by atoms with Gasteiger partial charge in [0.2, 0.25) is 5.75 Å². The van der Waals surface area contributed by atoms with E-state index >= 15 is 0 Å². The minimum Gasteiger partial charge on any atom is -1.00 e. The van der Waals surface area contributed by atoms with E-state index in [9.17, 15) is 0 Å². The summed E-state index contributed by atoms with van der Waals surface area (Å²) in [5, 5.41) is 3.36. The maximum Gasteiger partial charge on any atom is 0.446 e. The maximum atomic E-state index is 6.03. The molecule has 1 atom stereocenters. The SMILES string of the molecule is CC1(C)O[P+]2(C=C1Br)Nc1ccccc1O2.[Br-]. The molecule has 0 aliphatic carbocycles. The molecule has 0 bridgehead atoms. The molecule has 1 spiro atoms. The Hall–Kier alpha value is -0.0900. The second-order valence-corrected chi connectivity index (χ2v) is 7.27. The van der Waals surface area contributed by atoms with Crippen LogP contribution in [0.5, 0.6) is 5.75 Å². The van der Waals surface area contributed by atoms with Crippen LogP contribution < -0.4 is 26.6 Å². The average Bonchev–Trinajstić information content (AvgIpc) is 2.63. The molecule has 3 nitrogen and oxygen atoms in total. The fraction of sp³-hybridized carbons (Fsp3) is 0.273. The van der Waals surface area contributed by atoms with Gasteiger partial charge in [0.1, 0.15) is 11.3 Å². The predicted molar refractivity (Wildman–Crippen MR) is 69.8 cm³/mol. The molecule has 2 aliphatic heterocycles. The average molecular weight is 381 g/mol. The summed E-state index contributed by atoms with van der Waals surface area (Å²) in [5.74, 6) is 2.90. The third-order valence-electron chi connectivity index (χ3n) is 2.62. The summed E-state index contributed by atoms with van der Waals surface area (Å²) in [5.41, 5.74) is 0.688. The van der Waals surface area contributed by atoms with Crippen LogP contribution in [0.4, 0.5) is 5.69 Å². The Bertz CT molecular complexity index is 465. The van der Waals surface area contributed by atoms with E-state index in [2.05, 4.69) is 21.0 Å². The molecule has 3 rings (SSSR count). The van der Waals surface area contributed by atoms with Crippen molar-refractivity contribution in [2.45, 2.75) is 19.4 Å². The number of nitrogens with one attached hydrogen (secondary N) is 1. The van der Waals surface area contributed by atoms with E-state index < -0.39 is 7.87 Å². The molecular weight excluding hydrogens is 369 g/mol. The van der Waals surface area contributed by atoms with Crippen LogP contribution in [-0.2, 0) is 4.52 Å². The lowest BCUT2D eigenvalue weighted by Gasteiger charge is -2.17. The first-order valence-electron chi connectivity index (χ1n) is 5.06. The molecule has 17 heavy (non-hydrogen) atoms. The van der Waals surface area contributed by atoms with Gasteiger partial charge in [0.15, 0.2) is 5.82 Å². The summed E-state index contributed by atoms with van der Waals surface area (Å²) in [6.45, 7) is 4.05. The number of benzene rings is 1. The molecule has 1 aromatic carbocycles. The van der Waals surface area contributed by atoms with E-state index in [4.69, 9.17) is 9.05 Å². The lowest BCUT2D eigenvalue weighted by atomic mass is 10.1. The number of para-hydroxylation sites is 2. The number of anilines is 1. The van der Waals surface area contributed by atoms with Gasteiger partial charge in [0.25, 0.3) is 0 Å². The third kappa shape index (κ3) is 2.14. The van der Waals surface area contributed by atoms with Crippen LogP contribution in [0.1, 0.15) is 13.8 Å². The summed E-state index contributed by atoms with van der Waals surface area (Å²) in [6.07, 6.45) is 0. The van der Waals surface area contributed by atoms with Crippen molar-refractivity contribution in [1.82, 2.24) is 0 Å². The quantitative estimate of drug-likeness (QED) is 0.688. The van der Waals surface area contributed by atoms with Crippen molar-refractivity contribution in [2.75, 3.05) is 5.09 Å². The van der Waals surface area contributed by atoms with E-state index in [1.54, 1.807) is 0 Å². The first-order chi connectivity index (χ1) is 7.51. The lowest BCUT2D eigenvalue weighted by Crippen LogP contribution is -3.00. The molecule has 2 aliphatic rings. The van der Waals surface area contributed by atoms with Gasteiger partial charge in [-0.2, -0.15) is 9.61 Å². The topological polar surface area (TPSA) is 30.5 Å². The molecule has 6 heteroatoms. The fourth-order valence-electron chi connectivity index (χ4n) is 1.79. The van der Waals surface area contributed by atoms with Gasteiger partial charge < -0.3 is 17.0 Å². The Morgan fingerprint density at radius 2 is 2.00 bits per heavy atom. The normalized spacial score (nSPS) is 27.8. The van der Waals surface area contributed by atoms with Crippen molar-refractivity contribution in [3.05, 3.63) is 34.6 Å². The first kappa shape index (κ1) is 13.3. The largest absolute Gasteiger partial charge is 1.00 e. The Balaban J connectivity index is 0.00000108. The smallest absolute Gasteiger partial charge is 0.446 e. The fourth-order valence-corrected chi connectivity index (χ4v) is 5.46. The maximum absolute atomic E-state index is 6.03. The zero-order chi connectivity index (χ0) is 11.4. The molecule has 1 N–H and O–H groups in total. The number of hydrogen-bond acceptors (Lipinski definition) is 3. The van der Waals surface area contributed by atoms with E-state index in [1.165, 1.54) is 0 Å². The Kier molecular flexibility index (Phi) is 3.32. The van der Waals surface area contributed by atoms with Crippen molar-refractivity contribution in [2.24, 2.45) is 0 Å². The first-order valence-corrected chi connectivity index (χ1v) is 7.55. The molecule has 0 saturated heterocycles. The molecule has 0 aromatic heterocycles. The van der Waals surface area contributed by atoms with Crippen molar-refractivity contribution in [1.29, 1.82) is 0 Å². The van der Waals surface area contributed by atoms with Crippen molar-refractivity contribution < 1.29 is 26.0 Å². The molecule has 2 heterocycles. The number of fused-ring (bicyclic) bond motifs is 1. The van der Waals surface area contributed by atoms with Crippen molar-refractivity contribution >= 4 is 29.5 Å². The second kappa shape index (κ2) is 4.23. The number of hydrogen-bond donors (Lipinski definition) is 1. The van der Waals surface area contributed by atoms with E-state index in [-0.39, 0.29) is 22.6 Å². The van der Waals surface area contributed by atoms with Gasteiger partial charge in [0.05, 0.1) is 4.48 Å². The van der Waals surface area contributed by atoms with Crippen LogP contribution in [0.2, 0.25) is 0 Å². The van der Waals surface area contributed by atoms with Gasteiger partial charge in [-0.15, -0.1) is 0 Å². The van der Waals surface area contributed by atoms with Crippen LogP contribution in [-0.4, -0.2) is 5.60 Å². The molecule has 0 amide bonds. The molecular formula is C11H12Br2NO2P. The van der Waals surface area contributed by atoms with Crippen LogP contribution in [0.15, 0.2) is 34.6 Å². The van der Waals surface area contributed by atoms with Crippen LogP contribution in [0.3, 0.4) is 0 Å². The van der Waals surface area contributed by atoms with Crippen LogP contribution >= 0.6 is 23.8 Å². The zero-order valence-corrected chi connectivity index (χ0v) is 13.5. The summed E-state index contributed by atoms with van der Waals surface area (Å²) in [4.78, 5) is 0. The van der Waals surface area contributed by atoms with E-state index in [0.29, 0.717) is 0 Å². The third-order valence-corrected chi connectivity index (χ3v) is 6.50. The lowest BCUT2D eigenvalue weighted by molar-refractivity contribution is -0.00000748. The summed E-state index contributed by atoms with van der Waals surface area (Å²) >= 11 is 3.53. The van der Waals surface area contributed by atoms with Crippen molar-refractivity contribution in [3.8, 4) is 5.75 Å².